The van der Waals surface area contributed by atoms with Gasteiger partial charge in [0.25, 0.3) is 5.69 Å². The van der Waals surface area contributed by atoms with Gasteiger partial charge in [-0.1, -0.05) is 72.1 Å². The van der Waals surface area contributed by atoms with Gasteiger partial charge in [-0.15, -0.1) is 0 Å². The van der Waals surface area contributed by atoms with Gasteiger partial charge in [-0.2, -0.15) is 0 Å². The molecule has 1 aromatic heterocycles. The largest absolute Gasteiger partial charge is 0.454 e. The maximum atomic E-state index is 13.5. The molecule has 46 heavy (non-hydrogen) atoms. The van der Waals surface area contributed by atoms with Crippen LogP contribution in [0.5, 0.6) is 0 Å². The summed E-state index contributed by atoms with van der Waals surface area (Å²) in [5, 5.41) is 11.6. The predicted molar refractivity (Wildman–Crippen MR) is 179 cm³/mol. The maximum Gasteiger partial charge on any atom is 0.339 e. The Morgan fingerprint density at radius 2 is 1.61 bits per heavy atom. The van der Waals surface area contributed by atoms with E-state index in [0.29, 0.717) is 32.3 Å². The summed E-state index contributed by atoms with van der Waals surface area (Å²) in [6, 6.07) is 18.9. The fourth-order valence-corrected chi connectivity index (χ4v) is 9.22. The number of Topliss-reactive ketones (excluding diaryl/α,β-unsaturated/α-hetero) is 1. The smallest absolute Gasteiger partial charge is 0.339 e. The molecule has 1 saturated heterocycles. The van der Waals surface area contributed by atoms with E-state index in [1.807, 2.05) is 0 Å². The predicted octanol–water partition coefficient (Wildman–Crippen LogP) is 6.89. The number of nitro groups is 1. The average Bonchev–Trinajstić information content (AvgIpc) is 3.67. The van der Waals surface area contributed by atoms with Crippen LogP contribution in [0.4, 0.5) is 11.4 Å². The second kappa shape index (κ2) is 11.8. The summed E-state index contributed by atoms with van der Waals surface area (Å²) >= 11 is 10.9. The number of ether oxygens (including phenoxy) is 1. The molecular weight excluding hydrogens is 790 g/mol. The maximum absolute atomic E-state index is 13.5. The van der Waals surface area contributed by atoms with Gasteiger partial charge in [0.2, 0.25) is 17.6 Å². The van der Waals surface area contributed by atoms with Gasteiger partial charge in [-0.3, -0.25) is 29.4 Å². The number of nitrogens with zero attached hydrogens (tertiary/aromatic N) is 3. The van der Waals surface area contributed by atoms with Crippen LogP contribution in [0.25, 0.3) is 22.2 Å². The van der Waals surface area contributed by atoms with Gasteiger partial charge in [0.05, 0.1) is 39.2 Å². The van der Waals surface area contributed by atoms with Crippen molar-refractivity contribution in [2.75, 3.05) is 11.5 Å². The highest BCUT2D eigenvalue weighted by Crippen LogP contribution is 2.60. The van der Waals surface area contributed by atoms with E-state index in [1.54, 1.807) is 48.5 Å². The molecule has 0 radical (unpaired) electrons. The molecule has 1 aliphatic heterocycles. The van der Waals surface area contributed by atoms with E-state index in [-0.39, 0.29) is 62.0 Å². The number of nitro benzene ring substituents is 1. The molecule has 0 spiro atoms. The molecule has 7 rings (SSSR count). The minimum absolute atomic E-state index is 0.0513. The lowest BCUT2D eigenvalue weighted by Crippen LogP contribution is -2.37. The zero-order valence-electron chi connectivity index (χ0n) is 23.6. The van der Waals surface area contributed by atoms with Gasteiger partial charge in [0.15, 0.2) is 6.61 Å². The number of alkyl halides is 2. The number of anilines is 1. The summed E-state index contributed by atoms with van der Waals surface area (Å²) in [5.74, 6) is -2.12. The van der Waals surface area contributed by atoms with Crippen molar-refractivity contribution in [2.24, 2.45) is 23.7 Å². The minimum atomic E-state index is -0.772. The molecule has 6 atom stereocenters. The number of aromatic nitrogens is 1. The molecule has 3 aliphatic rings. The van der Waals surface area contributed by atoms with E-state index in [2.05, 4.69) is 47.8 Å². The Labute approximate surface area is 287 Å². The second-order valence-corrected chi connectivity index (χ2v) is 14.6. The zero-order chi connectivity index (χ0) is 32.4. The molecule has 2 amide bonds. The zero-order valence-corrected chi connectivity index (χ0v) is 28.4. The Balaban J connectivity index is 1.15. The lowest BCUT2D eigenvalue weighted by molar-refractivity contribution is -0.384. The van der Waals surface area contributed by atoms with Gasteiger partial charge in [-0.05, 0) is 54.7 Å². The first-order valence-corrected chi connectivity index (χ1v) is 17.0. The van der Waals surface area contributed by atoms with Crippen molar-refractivity contribution < 1.29 is 28.8 Å². The normalized spacial score (nSPS) is 24.8. The molecule has 2 bridgehead atoms. The number of fused-ring (bicyclic) bond motifs is 6. The number of ketones is 1. The van der Waals surface area contributed by atoms with Crippen LogP contribution in [0.3, 0.4) is 0 Å². The highest BCUT2D eigenvalue weighted by atomic mass is 79.9. The van der Waals surface area contributed by atoms with Crippen LogP contribution >= 0.6 is 47.8 Å². The van der Waals surface area contributed by atoms with Crippen LogP contribution in [0.1, 0.15) is 27.1 Å². The summed E-state index contributed by atoms with van der Waals surface area (Å²) in [6.45, 7) is -0.616. The number of hydrogen-bond acceptors (Lipinski definition) is 8. The summed E-state index contributed by atoms with van der Waals surface area (Å²) in [5.41, 5.74) is 2.03. The number of esters is 1. The van der Waals surface area contributed by atoms with E-state index in [9.17, 15) is 29.3 Å². The molecule has 10 nitrogen and oxygen atoms in total. The van der Waals surface area contributed by atoms with Gasteiger partial charge in [0, 0.05) is 42.8 Å². The van der Waals surface area contributed by atoms with Crippen LogP contribution in [0, 0.1) is 33.8 Å². The van der Waals surface area contributed by atoms with Crippen LogP contribution in [0.2, 0.25) is 0 Å². The summed E-state index contributed by atoms with van der Waals surface area (Å²) in [4.78, 5) is 69.8. The van der Waals surface area contributed by atoms with E-state index in [1.165, 1.54) is 23.1 Å². The Kier molecular flexibility index (Phi) is 7.89. The Bertz CT molecular complexity index is 1950. The highest BCUT2D eigenvalue weighted by molar-refractivity contribution is 9.12. The van der Waals surface area contributed by atoms with E-state index in [0.717, 1.165) is 12.5 Å². The number of benzene rings is 3. The van der Waals surface area contributed by atoms with Gasteiger partial charge >= 0.3 is 5.97 Å². The molecule has 6 unspecified atom stereocenters. The van der Waals surface area contributed by atoms with Gasteiger partial charge < -0.3 is 4.74 Å². The van der Waals surface area contributed by atoms with E-state index >= 15 is 0 Å². The number of imide groups is 1. The average molecular weight is 812 g/mol. The van der Waals surface area contributed by atoms with Crippen molar-refractivity contribution in [3.8, 4) is 11.3 Å². The first-order chi connectivity index (χ1) is 22.0. The van der Waals surface area contributed by atoms with Crippen LogP contribution in [-0.4, -0.2) is 49.7 Å². The van der Waals surface area contributed by atoms with Crippen molar-refractivity contribution in [2.45, 2.75) is 16.1 Å². The minimum Gasteiger partial charge on any atom is -0.454 e. The molecule has 3 aromatic carbocycles. The SMILES string of the molecule is O=C(COC(=O)c1cc(-c2ccc(N3C(=O)C4C5CC(C(Br)C5Br)C4C3=O)cc2)nc2ccc(Br)cc12)c1cccc([N+](=O)[O-])c1. The van der Waals surface area contributed by atoms with Crippen LogP contribution in [0.15, 0.2) is 77.3 Å². The Morgan fingerprint density at radius 3 is 2.26 bits per heavy atom. The Hall–Kier alpha value is -3.81. The standard InChI is InChI=1S/C33H22Br3N3O7/c34-17-6-9-24-20(11-17)21(33(43)46-14-26(40)16-2-1-3-19(10-16)39(44)45)13-25(37-24)15-4-7-18(8-5-15)38-31(41)27-22-12-23(28(27)32(38)42)30(36)29(22)35/h1-11,13,22-23,27-30H,12,14H2. The molecule has 3 fully saturated rings. The molecule has 232 valence electrons. The van der Waals surface area contributed by atoms with Crippen LogP contribution < -0.4 is 4.90 Å². The fraction of sp³-hybridized carbons (Fsp3) is 0.242. The number of amides is 2. The van der Waals surface area contributed by atoms with Crippen molar-refractivity contribution in [3.05, 3.63) is 98.5 Å². The number of non-ortho nitro benzene ring substituents is 1. The third-order valence-corrected chi connectivity index (χ3v) is 12.8. The molecule has 4 aromatic rings. The van der Waals surface area contributed by atoms with Crippen molar-refractivity contribution in [3.63, 3.8) is 0 Å². The van der Waals surface area contributed by atoms with E-state index < -0.39 is 23.3 Å². The van der Waals surface area contributed by atoms with Crippen LogP contribution in [-0.2, 0) is 14.3 Å². The molecule has 0 N–H and O–H groups in total. The molecule has 2 saturated carbocycles. The molecular formula is C33H22Br3N3O7. The first kappa shape index (κ1) is 30.8. The summed E-state index contributed by atoms with van der Waals surface area (Å²) in [6.07, 6.45) is 0.851. The lowest BCUT2D eigenvalue weighted by atomic mass is 9.81. The topological polar surface area (TPSA) is 137 Å². The number of halogens is 3. The van der Waals surface area contributed by atoms with Crippen molar-refractivity contribution in [1.82, 2.24) is 4.98 Å². The van der Waals surface area contributed by atoms with Crippen molar-refractivity contribution in [1.29, 1.82) is 0 Å². The molecule has 2 heterocycles. The fourth-order valence-electron chi connectivity index (χ4n) is 6.98. The summed E-state index contributed by atoms with van der Waals surface area (Å²) < 4.78 is 6.08. The second-order valence-electron chi connectivity index (χ2n) is 11.6. The van der Waals surface area contributed by atoms with Crippen molar-refractivity contribution >= 4 is 93.6 Å². The third-order valence-electron chi connectivity index (χ3n) is 9.11. The number of pyridine rings is 1. The third kappa shape index (κ3) is 5.08. The summed E-state index contributed by atoms with van der Waals surface area (Å²) in [7, 11) is 0. The highest BCUT2D eigenvalue weighted by Gasteiger charge is 2.66. The van der Waals surface area contributed by atoms with Gasteiger partial charge in [-0.25, -0.2) is 9.78 Å². The molecule has 2 aliphatic carbocycles. The number of carbonyl (C=O) groups is 4. The number of carbonyl (C=O) groups excluding carboxylic acids is 4. The monoisotopic (exact) mass is 809 g/mol. The molecule has 13 heteroatoms. The number of rotatable bonds is 7. The first-order valence-electron chi connectivity index (χ1n) is 14.3. The lowest BCUT2D eigenvalue weighted by Gasteiger charge is -2.28. The number of hydrogen-bond donors (Lipinski definition) is 0. The quantitative estimate of drug-likeness (QED) is 0.0492. The van der Waals surface area contributed by atoms with E-state index in [4.69, 9.17) is 9.72 Å². The van der Waals surface area contributed by atoms with Gasteiger partial charge in [0.1, 0.15) is 0 Å². The Morgan fingerprint density at radius 1 is 0.935 bits per heavy atom.